The van der Waals surface area contributed by atoms with Gasteiger partial charge in [0.25, 0.3) is 0 Å². The van der Waals surface area contributed by atoms with E-state index < -0.39 is 15.8 Å². The lowest BCUT2D eigenvalue weighted by Gasteiger charge is -2.02. The zero-order valence-electron chi connectivity index (χ0n) is 9.45. The molecular formula is C12H10O4S2. The fourth-order valence-electron chi connectivity index (χ4n) is 1.58. The quantitative estimate of drug-likeness (QED) is 0.939. The number of hydrogen-bond acceptors (Lipinski definition) is 4. The number of carboxylic acid groups (broad SMARTS) is 1. The number of sulfone groups is 1. The second-order valence-corrected chi connectivity index (χ2v) is 6.70. The van der Waals surface area contributed by atoms with Gasteiger partial charge in [0.15, 0.2) is 9.84 Å². The molecule has 1 aromatic heterocycles. The number of benzene rings is 1. The molecule has 18 heavy (non-hydrogen) atoms. The van der Waals surface area contributed by atoms with E-state index in [9.17, 15) is 13.2 Å². The minimum absolute atomic E-state index is 0.221. The van der Waals surface area contributed by atoms with Crippen LogP contribution in [0.1, 0.15) is 9.67 Å². The molecule has 0 saturated heterocycles. The van der Waals surface area contributed by atoms with E-state index in [-0.39, 0.29) is 9.77 Å². The van der Waals surface area contributed by atoms with Crippen molar-refractivity contribution < 1.29 is 18.3 Å². The number of rotatable bonds is 3. The van der Waals surface area contributed by atoms with Crippen LogP contribution >= 0.6 is 11.3 Å². The van der Waals surface area contributed by atoms with E-state index in [0.29, 0.717) is 11.1 Å². The molecule has 94 valence electrons. The van der Waals surface area contributed by atoms with E-state index >= 15 is 0 Å². The predicted octanol–water partition coefficient (Wildman–Crippen LogP) is 2.52. The topological polar surface area (TPSA) is 71.4 Å². The van der Waals surface area contributed by atoms with Crippen molar-refractivity contribution >= 4 is 27.1 Å². The van der Waals surface area contributed by atoms with Gasteiger partial charge in [0.05, 0.1) is 4.90 Å². The molecular weight excluding hydrogens is 272 g/mol. The van der Waals surface area contributed by atoms with Crippen LogP contribution in [0.3, 0.4) is 0 Å². The van der Waals surface area contributed by atoms with Crippen molar-refractivity contribution in [2.45, 2.75) is 4.90 Å². The third-order valence-electron chi connectivity index (χ3n) is 2.45. The molecule has 0 aliphatic heterocycles. The van der Waals surface area contributed by atoms with Crippen LogP contribution in [-0.4, -0.2) is 25.7 Å². The number of aromatic carboxylic acids is 1. The van der Waals surface area contributed by atoms with Gasteiger partial charge in [0.1, 0.15) is 4.88 Å². The van der Waals surface area contributed by atoms with E-state index in [1.54, 1.807) is 23.6 Å². The zero-order chi connectivity index (χ0) is 13.3. The van der Waals surface area contributed by atoms with Crippen molar-refractivity contribution in [1.29, 1.82) is 0 Å². The summed E-state index contributed by atoms with van der Waals surface area (Å²) in [7, 11) is -3.23. The first kappa shape index (κ1) is 12.8. The van der Waals surface area contributed by atoms with Crippen LogP contribution in [0, 0.1) is 0 Å². The summed E-state index contributed by atoms with van der Waals surface area (Å²) in [6.07, 6.45) is 1.13. The average Bonchev–Trinajstić information content (AvgIpc) is 2.77. The van der Waals surface area contributed by atoms with Gasteiger partial charge in [0, 0.05) is 11.8 Å². The molecule has 0 aliphatic carbocycles. The molecule has 0 saturated carbocycles. The smallest absolute Gasteiger partial charge is 0.346 e. The highest BCUT2D eigenvalue weighted by atomic mass is 32.2. The minimum Gasteiger partial charge on any atom is -0.477 e. The average molecular weight is 282 g/mol. The van der Waals surface area contributed by atoms with Crippen LogP contribution in [0.5, 0.6) is 0 Å². The van der Waals surface area contributed by atoms with Gasteiger partial charge in [-0.2, -0.15) is 0 Å². The van der Waals surface area contributed by atoms with Gasteiger partial charge < -0.3 is 5.11 Å². The standard InChI is InChI=1S/C12H10O4S2/c1-18(15,16)9-4-2-8(3-5-9)10-6-7-17-11(10)12(13)14/h2-7H,1H3,(H,13,14). The summed E-state index contributed by atoms with van der Waals surface area (Å²) >= 11 is 1.14. The Kier molecular flexibility index (Phi) is 3.23. The monoisotopic (exact) mass is 282 g/mol. The summed E-state index contributed by atoms with van der Waals surface area (Å²) in [5.41, 5.74) is 1.30. The highest BCUT2D eigenvalue weighted by molar-refractivity contribution is 7.90. The normalized spacial score (nSPS) is 11.4. The third kappa shape index (κ3) is 2.44. The number of thiophene rings is 1. The molecule has 1 heterocycles. The Bertz CT molecular complexity index is 681. The van der Waals surface area contributed by atoms with Gasteiger partial charge in [-0.3, -0.25) is 0 Å². The molecule has 6 heteroatoms. The van der Waals surface area contributed by atoms with E-state index in [1.807, 2.05) is 0 Å². The Morgan fingerprint density at radius 2 is 1.78 bits per heavy atom. The number of carbonyl (C=O) groups is 1. The largest absolute Gasteiger partial charge is 0.477 e. The first-order chi connectivity index (χ1) is 8.39. The van der Waals surface area contributed by atoms with E-state index in [0.717, 1.165) is 17.6 Å². The Balaban J connectivity index is 2.47. The Morgan fingerprint density at radius 1 is 1.17 bits per heavy atom. The van der Waals surface area contributed by atoms with Crippen LogP contribution in [-0.2, 0) is 9.84 Å². The molecule has 0 fully saturated rings. The van der Waals surface area contributed by atoms with Crippen molar-refractivity contribution in [2.75, 3.05) is 6.26 Å². The van der Waals surface area contributed by atoms with Gasteiger partial charge in [0.2, 0.25) is 0 Å². The van der Waals surface area contributed by atoms with Crippen molar-refractivity contribution in [2.24, 2.45) is 0 Å². The molecule has 0 amide bonds. The van der Waals surface area contributed by atoms with Crippen molar-refractivity contribution in [3.8, 4) is 11.1 Å². The summed E-state index contributed by atoms with van der Waals surface area (Å²) in [5, 5.41) is 10.7. The highest BCUT2D eigenvalue weighted by Crippen LogP contribution is 2.29. The zero-order valence-corrected chi connectivity index (χ0v) is 11.1. The van der Waals surface area contributed by atoms with Crippen molar-refractivity contribution in [3.05, 3.63) is 40.6 Å². The summed E-state index contributed by atoms with van der Waals surface area (Å²) in [4.78, 5) is 11.5. The van der Waals surface area contributed by atoms with E-state index in [1.165, 1.54) is 12.1 Å². The molecule has 1 aromatic carbocycles. The fraction of sp³-hybridized carbons (Fsp3) is 0.0833. The summed E-state index contributed by atoms with van der Waals surface area (Å²) in [6, 6.07) is 7.90. The highest BCUT2D eigenvalue weighted by Gasteiger charge is 2.14. The van der Waals surface area contributed by atoms with Crippen LogP contribution in [0.2, 0.25) is 0 Å². The first-order valence-corrected chi connectivity index (χ1v) is 7.78. The Labute approximate surface area is 108 Å². The maximum atomic E-state index is 11.3. The maximum Gasteiger partial charge on any atom is 0.346 e. The number of carboxylic acids is 1. The first-order valence-electron chi connectivity index (χ1n) is 5.01. The Hall–Kier alpha value is -1.66. The molecule has 0 radical (unpaired) electrons. The van der Waals surface area contributed by atoms with Gasteiger partial charge in [-0.25, -0.2) is 13.2 Å². The summed E-state index contributed by atoms with van der Waals surface area (Å²) < 4.78 is 22.6. The Morgan fingerprint density at radius 3 is 2.28 bits per heavy atom. The van der Waals surface area contributed by atoms with Crippen molar-refractivity contribution in [3.63, 3.8) is 0 Å². The fourth-order valence-corrected chi connectivity index (χ4v) is 2.97. The second kappa shape index (κ2) is 4.55. The molecule has 0 spiro atoms. The SMILES string of the molecule is CS(=O)(=O)c1ccc(-c2ccsc2C(=O)O)cc1. The second-order valence-electron chi connectivity index (χ2n) is 3.77. The molecule has 1 N–H and O–H groups in total. The van der Waals surface area contributed by atoms with Gasteiger partial charge >= 0.3 is 5.97 Å². The van der Waals surface area contributed by atoms with E-state index in [4.69, 9.17) is 5.11 Å². The van der Waals surface area contributed by atoms with Crippen LogP contribution in [0.4, 0.5) is 0 Å². The molecule has 0 bridgehead atoms. The van der Waals surface area contributed by atoms with Crippen LogP contribution < -0.4 is 0 Å². The summed E-state index contributed by atoms with van der Waals surface area (Å²) in [5.74, 6) is -0.979. The summed E-state index contributed by atoms with van der Waals surface area (Å²) in [6.45, 7) is 0. The third-order valence-corrected chi connectivity index (χ3v) is 4.48. The van der Waals surface area contributed by atoms with Gasteiger partial charge in [-0.15, -0.1) is 11.3 Å². The lowest BCUT2D eigenvalue weighted by molar-refractivity contribution is 0.0703. The van der Waals surface area contributed by atoms with Gasteiger partial charge in [-0.05, 0) is 29.1 Å². The lowest BCUT2D eigenvalue weighted by Crippen LogP contribution is -1.97. The molecule has 2 aromatic rings. The molecule has 0 unspecified atom stereocenters. The molecule has 0 atom stereocenters. The van der Waals surface area contributed by atoms with Crippen LogP contribution in [0.25, 0.3) is 11.1 Å². The lowest BCUT2D eigenvalue weighted by atomic mass is 10.1. The minimum atomic E-state index is -3.23. The van der Waals surface area contributed by atoms with Crippen LogP contribution in [0.15, 0.2) is 40.6 Å². The number of hydrogen-bond donors (Lipinski definition) is 1. The van der Waals surface area contributed by atoms with Gasteiger partial charge in [-0.1, -0.05) is 12.1 Å². The maximum absolute atomic E-state index is 11.3. The molecule has 2 rings (SSSR count). The predicted molar refractivity (Wildman–Crippen MR) is 69.8 cm³/mol. The van der Waals surface area contributed by atoms with Crippen molar-refractivity contribution in [1.82, 2.24) is 0 Å². The molecule has 4 nitrogen and oxygen atoms in total. The van der Waals surface area contributed by atoms with E-state index in [2.05, 4.69) is 0 Å². The molecule has 0 aliphatic rings.